The van der Waals surface area contributed by atoms with E-state index >= 15 is 0 Å². The van der Waals surface area contributed by atoms with Crippen LogP contribution in [0.25, 0.3) is 0 Å². The molecule has 1 unspecified atom stereocenters. The predicted octanol–water partition coefficient (Wildman–Crippen LogP) is 0.373. The number of halogens is 1. The van der Waals surface area contributed by atoms with E-state index in [2.05, 4.69) is 5.32 Å². The molecule has 3 N–H and O–H groups in total. The number of carbonyl (C=O) groups excluding carboxylic acids is 3. The summed E-state index contributed by atoms with van der Waals surface area (Å²) in [5.41, 5.74) is 1.25. The van der Waals surface area contributed by atoms with E-state index < -0.39 is 29.9 Å². The maximum atomic E-state index is 14.2. The second-order valence-electron chi connectivity index (χ2n) is 5.43. The number of amides is 3. The standard InChI is InChI=1S/C14H24FN3O4/c1-3-4-6-9(11(15)13(20)17-22)14(21)18-8-5-7-10(18)12(19)16-2/h9-11,22H,3-8H2,1-2H3,(H,16,19)(H,17,20)/t9-,10?,11+/m1/s1. The summed E-state index contributed by atoms with van der Waals surface area (Å²) in [7, 11) is 1.48. The highest BCUT2D eigenvalue weighted by Crippen LogP contribution is 2.25. The molecule has 22 heavy (non-hydrogen) atoms. The summed E-state index contributed by atoms with van der Waals surface area (Å²) in [6, 6.07) is -0.619. The molecule has 0 radical (unpaired) electrons. The Morgan fingerprint density at radius 1 is 1.41 bits per heavy atom. The number of hydroxylamine groups is 1. The van der Waals surface area contributed by atoms with Gasteiger partial charge in [-0.15, -0.1) is 0 Å². The van der Waals surface area contributed by atoms with Crippen molar-refractivity contribution in [3.8, 4) is 0 Å². The lowest BCUT2D eigenvalue weighted by Crippen LogP contribution is -2.50. The van der Waals surface area contributed by atoms with E-state index in [0.717, 1.165) is 6.42 Å². The number of rotatable bonds is 7. The van der Waals surface area contributed by atoms with Crippen LogP contribution in [0.5, 0.6) is 0 Å². The van der Waals surface area contributed by atoms with Gasteiger partial charge in [-0.05, 0) is 19.3 Å². The van der Waals surface area contributed by atoms with Crippen LogP contribution >= 0.6 is 0 Å². The van der Waals surface area contributed by atoms with Crippen LogP contribution in [0.2, 0.25) is 0 Å². The fraction of sp³-hybridized carbons (Fsp3) is 0.786. The highest BCUT2D eigenvalue weighted by molar-refractivity contribution is 5.92. The lowest BCUT2D eigenvalue weighted by atomic mass is 9.94. The van der Waals surface area contributed by atoms with Crippen molar-refractivity contribution in [1.29, 1.82) is 0 Å². The maximum Gasteiger partial charge on any atom is 0.278 e. The molecule has 7 nitrogen and oxygen atoms in total. The fourth-order valence-corrected chi connectivity index (χ4v) is 2.75. The molecule has 3 amide bonds. The predicted molar refractivity (Wildman–Crippen MR) is 76.6 cm³/mol. The van der Waals surface area contributed by atoms with Crippen LogP contribution in [0.3, 0.4) is 0 Å². The molecule has 126 valence electrons. The Morgan fingerprint density at radius 2 is 2.09 bits per heavy atom. The van der Waals surface area contributed by atoms with E-state index in [4.69, 9.17) is 5.21 Å². The number of carbonyl (C=O) groups is 3. The van der Waals surface area contributed by atoms with Crippen molar-refractivity contribution in [1.82, 2.24) is 15.7 Å². The van der Waals surface area contributed by atoms with Crippen molar-refractivity contribution in [2.75, 3.05) is 13.6 Å². The summed E-state index contributed by atoms with van der Waals surface area (Å²) >= 11 is 0. The highest BCUT2D eigenvalue weighted by atomic mass is 19.1. The second-order valence-corrected chi connectivity index (χ2v) is 5.43. The van der Waals surface area contributed by atoms with Gasteiger partial charge in [-0.1, -0.05) is 19.8 Å². The zero-order valence-electron chi connectivity index (χ0n) is 13.0. The van der Waals surface area contributed by atoms with Crippen molar-refractivity contribution in [3.63, 3.8) is 0 Å². The van der Waals surface area contributed by atoms with Crippen LogP contribution in [-0.2, 0) is 14.4 Å². The van der Waals surface area contributed by atoms with Crippen LogP contribution in [0.15, 0.2) is 0 Å². The number of nitrogens with one attached hydrogen (secondary N) is 2. The molecule has 0 spiro atoms. The fourth-order valence-electron chi connectivity index (χ4n) is 2.75. The summed E-state index contributed by atoms with van der Waals surface area (Å²) in [6.07, 6.45) is 0.572. The lowest BCUT2D eigenvalue weighted by Gasteiger charge is -2.29. The Balaban J connectivity index is 2.90. The third kappa shape index (κ3) is 4.16. The number of alkyl halides is 1. The molecule has 1 aliphatic rings. The van der Waals surface area contributed by atoms with Gasteiger partial charge in [0.05, 0.1) is 5.92 Å². The van der Waals surface area contributed by atoms with E-state index in [1.165, 1.54) is 17.4 Å². The Morgan fingerprint density at radius 3 is 2.64 bits per heavy atom. The molecule has 3 atom stereocenters. The molecular weight excluding hydrogens is 293 g/mol. The minimum absolute atomic E-state index is 0.195. The Hall–Kier alpha value is -1.70. The van der Waals surface area contributed by atoms with Crippen LogP contribution in [0.1, 0.15) is 39.0 Å². The van der Waals surface area contributed by atoms with Gasteiger partial charge in [-0.2, -0.15) is 0 Å². The van der Waals surface area contributed by atoms with Gasteiger partial charge in [-0.25, -0.2) is 9.87 Å². The van der Waals surface area contributed by atoms with E-state index in [-0.39, 0.29) is 12.3 Å². The first-order valence-corrected chi connectivity index (χ1v) is 7.58. The summed E-state index contributed by atoms with van der Waals surface area (Å²) in [5.74, 6) is -3.25. The number of unbranched alkanes of at least 4 members (excludes halogenated alkanes) is 1. The van der Waals surface area contributed by atoms with Gasteiger partial charge in [0.25, 0.3) is 5.91 Å². The van der Waals surface area contributed by atoms with Gasteiger partial charge in [0.1, 0.15) is 6.04 Å². The number of likely N-dealkylation sites (N-methyl/N-ethyl adjacent to an activating group) is 1. The molecule has 1 heterocycles. The van der Waals surface area contributed by atoms with Gasteiger partial charge in [-0.3, -0.25) is 19.6 Å². The number of likely N-dealkylation sites (tertiary alicyclic amines) is 1. The van der Waals surface area contributed by atoms with Gasteiger partial charge < -0.3 is 10.2 Å². The molecule has 8 heteroatoms. The molecule has 1 aliphatic heterocycles. The normalized spacial score (nSPS) is 20.4. The first-order valence-electron chi connectivity index (χ1n) is 7.58. The SMILES string of the molecule is CCCC[C@@H](C(=O)N1CCCC1C(=O)NC)[C@H](F)C(=O)NO. The van der Waals surface area contributed by atoms with Crippen molar-refractivity contribution in [3.05, 3.63) is 0 Å². The minimum Gasteiger partial charge on any atom is -0.357 e. The summed E-state index contributed by atoms with van der Waals surface area (Å²) in [5, 5.41) is 11.1. The van der Waals surface area contributed by atoms with Crippen molar-refractivity contribution >= 4 is 17.7 Å². The molecule has 0 bridgehead atoms. The van der Waals surface area contributed by atoms with E-state index in [1.54, 1.807) is 0 Å². The Bertz CT molecular complexity index is 419. The van der Waals surface area contributed by atoms with Crippen LogP contribution < -0.4 is 10.8 Å². The molecule has 0 saturated carbocycles. The first kappa shape index (κ1) is 18.3. The van der Waals surface area contributed by atoms with E-state index in [0.29, 0.717) is 25.8 Å². The molecule has 1 rings (SSSR count). The lowest BCUT2D eigenvalue weighted by molar-refractivity contribution is -0.148. The van der Waals surface area contributed by atoms with E-state index in [1.807, 2.05) is 6.92 Å². The monoisotopic (exact) mass is 317 g/mol. The average molecular weight is 317 g/mol. The Kier molecular flexibility index (Phi) is 7.23. The van der Waals surface area contributed by atoms with Crippen molar-refractivity contribution in [2.24, 2.45) is 5.92 Å². The largest absolute Gasteiger partial charge is 0.357 e. The summed E-state index contributed by atoms with van der Waals surface area (Å²) < 4.78 is 14.2. The first-order chi connectivity index (χ1) is 10.5. The van der Waals surface area contributed by atoms with E-state index in [9.17, 15) is 18.8 Å². The highest BCUT2D eigenvalue weighted by Gasteiger charge is 2.41. The van der Waals surface area contributed by atoms with Crippen LogP contribution in [0, 0.1) is 5.92 Å². The van der Waals surface area contributed by atoms with Crippen molar-refractivity contribution < 1.29 is 24.0 Å². The quantitative estimate of drug-likeness (QED) is 0.467. The molecule has 0 aromatic carbocycles. The smallest absolute Gasteiger partial charge is 0.278 e. The third-order valence-electron chi connectivity index (χ3n) is 3.98. The Labute approximate surface area is 129 Å². The second kappa shape index (κ2) is 8.67. The zero-order valence-corrected chi connectivity index (χ0v) is 13.0. The van der Waals surface area contributed by atoms with Crippen LogP contribution in [0.4, 0.5) is 4.39 Å². The summed E-state index contributed by atoms with van der Waals surface area (Å²) in [6.45, 7) is 2.26. The van der Waals surface area contributed by atoms with Gasteiger partial charge in [0, 0.05) is 13.6 Å². The maximum absolute atomic E-state index is 14.2. The molecule has 1 saturated heterocycles. The van der Waals surface area contributed by atoms with Crippen molar-refractivity contribution in [2.45, 2.75) is 51.2 Å². The average Bonchev–Trinajstić information content (AvgIpc) is 3.02. The number of nitrogens with zero attached hydrogens (tertiary/aromatic N) is 1. The third-order valence-corrected chi connectivity index (χ3v) is 3.98. The van der Waals surface area contributed by atoms with Gasteiger partial charge >= 0.3 is 0 Å². The topological polar surface area (TPSA) is 98.7 Å². The molecule has 0 aromatic heterocycles. The zero-order chi connectivity index (χ0) is 16.7. The van der Waals surface area contributed by atoms with Crippen LogP contribution in [-0.4, -0.2) is 53.6 Å². The minimum atomic E-state index is -2.13. The number of hydrogen-bond acceptors (Lipinski definition) is 4. The molecule has 0 aliphatic carbocycles. The van der Waals surface area contributed by atoms with Gasteiger partial charge in [0.2, 0.25) is 11.8 Å². The molecule has 0 aromatic rings. The number of hydrogen-bond donors (Lipinski definition) is 3. The molecular formula is C14H24FN3O4. The summed E-state index contributed by atoms with van der Waals surface area (Å²) in [4.78, 5) is 37.1. The van der Waals surface area contributed by atoms with Gasteiger partial charge in [0.15, 0.2) is 6.17 Å². The molecule has 1 fully saturated rings.